The lowest BCUT2D eigenvalue weighted by molar-refractivity contribution is 0.518. The van der Waals surface area contributed by atoms with Gasteiger partial charge in [0, 0.05) is 11.3 Å². The number of rotatable bonds is 1. The summed E-state index contributed by atoms with van der Waals surface area (Å²) in [4.78, 5) is 0. The van der Waals surface area contributed by atoms with Crippen molar-refractivity contribution in [2.24, 2.45) is 0 Å². The van der Waals surface area contributed by atoms with Crippen LogP contribution in [0.4, 0.5) is 4.39 Å². The number of aryl methyl sites for hydroxylation is 2. The molecule has 0 atom stereocenters. The fourth-order valence-corrected chi connectivity index (χ4v) is 2.47. The van der Waals surface area contributed by atoms with Gasteiger partial charge in [0.25, 0.3) is 0 Å². The lowest BCUT2D eigenvalue weighted by Crippen LogP contribution is -1.85. The van der Waals surface area contributed by atoms with Gasteiger partial charge in [-0.25, -0.2) is 4.39 Å². The average Bonchev–Trinajstić information content (AvgIpc) is 2.78. The Morgan fingerprint density at radius 1 is 1.00 bits per heavy atom. The third-order valence-corrected chi connectivity index (χ3v) is 3.41. The lowest BCUT2D eigenvalue weighted by atomic mass is 10.0. The molecule has 0 amide bonds. The Kier molecular flexibility index (Phi) is 2.27. The maximum Gasteiger partial charge on any atom is 0.172 e. The molecule has 0 aliphatic heterocycles. The van der Waals surface area contributed by atoms with E-state index >= 15 is 0 Å². The average molecular weight is 246 g/mol. The zero-order valence-electron chi connectivity index (χ0n) is 10.9. The fourth-order valence-electron chi connectivity index (χ4n) is 2.47. The molecule has 94 valence electrons. The van der Waals surface area contributed by atoms with E-state index in [1.807, 2.05) is 13.0 Å². The van der Waals surface area contributed by atoms with Crippen LogP contribution >= 0.6 is 0 Å². The summed E-state index contributed by atoms with van der Waals surface area (Å²) in [5.41, 5.74) is 2.41. The van der Waals surface area contributed by atoms with Crippen LogP contribution in [0, 0.1) is 19.7 Å². The minimum absolute atomic E-state index is 0.299. The summed E-state index contributed by atoms with van der Waals surface area (Å²) in [5, 5.41) is 1.49. The topological polar surface area (TPSA) is 26.3 Å². The second-order valence-electron chi connectivity index (χ2n) is 5.06. The van der Waals surface area contributed by atoms with Gasteiger partial charge in [-0.3, -0.25) is 0 Å². The summed E-state index contributed by atoms with van der Waals surface area (Å²) < 4.78 is 25.1. The van der Waals surface area contributed by atoms with Gasteiger partial charge in [-0.15, -0.1) is 0 Å². The number of benzene rings is 1. The molecule has 0 radical (unpaired) electrons. The van der Waals surface area contributed by atoms with Gasteiger partial charge >= 0.3 is 0 Å². The standard InChI is InChI=1S/C15H15FO2/c1-7(2)15-8(3)10-5-13-11(6-12(10)18-15)14(16)9(4)17-13/h5-7H,1-4H3. The molecule has 1 aromatic carbocycles. The van der Waals surface area contributed by atoms with Crippen molar-refractivity contribution in [3.05, 3.63) is 35.0 Å². The van der Waals surface area contributed by atoms with Crippen molar-refractivity contribution in [3.8, 4) is 0 Å². The summed E-state index contributed by atoms with van der Waals surface area (Å²) in [5.74, 6) is 1.29. The van der Waals surface area contributed by atoms with Crippen molar-refractivity contribution in [1.82, 2.24) is 0 Å². The Bertz CT molecular complexity index is 747. The van der Waals surface area contributed by atoms with Crippen molar-refractivity contribution in [2.45, 2.75) is 33.6 Å². The molecule has 0 spiro atoms. The van der Waals surface area contributed by atoms with Crippen molar-refractivity contribution in [3.63, 3.8) is 0 Å². The van der Waals surface area contributed by atoms with Crippen LogP contribution in [-0.4, -0.2) is 0 Å². The number of fused-ring (bicyclic) bond motifs is 2. The molecule has 3 aromatic rings. The Balaban J connectivity index is 2.41. The second kappa shape index (κ2) is 3.61. The monoisotopic (exact) mass is 246 g/mol. The van der Waals surface area contributed by atoms with Crippen molar-refractivity contribution in [2.75, 3.05) is 0 Å². The molecule has 2 nitrogen and oxygen atoms in total. The first-order valence-corrected chi connectivity index (χ1v) is 6.10. The van der Waals surface area contributed by atoms with E-state index in [1.165, 1.54) is 0 Å². The van der Waals surface area contributed by atoms with Gasteiger partial charge in [0.1, 0.15) is 22.7 Å². The molecular weight excluding hydrogens is 231 g/mol. The van der Waals surface area contributed by atoms with E-state index in [0.717, 1.165) is 22.3 Å². The van der Waals surface area contributed by atoms with E-state index < -0.39 is 0 Å². The highest BCUT2D eigenvalue weighted by Crippen LogP contribution is 2.35. The van der Waals surface area contributed by atoms with E-state index in [4.69, 9.17) is 8.83 Å². The number of halogens is 1. The van der Waals surface area contributed by atoms with E-state index in [-0.39, 0.29) is 5.82 Å². The van der Waals surface area contributed by atoms with Crippen LogP contribution in [0.25, 0.3) is 21.9 Å². The number of hydrogen-bond donors (Lipinski definition) is 0. The smallest absolute Gasteiger partial charge is 0.172 e. The van der Waals surface area contributed by atoms with E-state index in [1.54, 1.807) is 13.0 Å². The molecule has 2 heterocycles. The largest absolute Gasteiger partial charge is 0.460 e. The SMILES string of the molecule is Cc1oc2cc3c(C)c(C(C)C)oc3cc2c1F. The van der Waals surface area contributed by atoms with Crippen molar-refractivity contribution in [1.29, 1.82) is 0 Å². The maximum atomic E-state index is 13.8. The highest BCUT2D eigenvalue weighted by molar-refractivity contribution is 5.95. The summed E-state index contributed by atoms with van der Waals surface area (Å²) in [6.45, 7) is 7.82. The van der Waals surface area contributed by atoms with Crippen LogP contribution in [0.3, 0.4) is 0 Å². The summed E-state index contributed by atoms with van der Waals surface area (Å²) in [6, 6.07) is 3.60. The molecule has 0 aliphatic carbocycles. The highest BCUT2D eigenvalue weighted by atomic mass is 19.1. The summed E-state index contributed by atoms with van der Waals surface area (Å²) >= 11 is 0. The normalized spacial score (nSPS) is 12.1. The van der Waals surface area contributed by atoms with Gasteiger partial charge in [-0.05, 0) is 31.5 Å². The van der Waals surface area contributed by atoms with Gasteiger partial charge in [-0.2, -0.15) is 0 Å². The number of hydrogen-bond acceptors (Lipinski definition) is 2. The second-order valence-corrected chi connectivity index (χ2v) is 5.06. The van der Waals surface area contributed by atoms with Crippen molar-refractivity contribution >= 4 is 21.9 Å². The predicted octanol–water partition coefficient (Wildman–Crippen LogP) is 5.06. The van der Waals surface area contributed by atoms with Crippen LogP contribution in [0.1, 0.15) is 36.8 Å². The molecule has 0 fully saturated rings. The minimum Gasteiger partial charge on any atom is -0.460 e. The molecule has 18 heavy (non-hydrogen) atoms. The fraction of sp³-hybridized carbons (Fsp3) is 0.333. The van der Waals surface area contributed by atoms with Gasteiger partial charge in [0.15, 0.2) is 5.82 Å². The molecule has 0 saturated heterocycles. The lowest BCUT2D eigenvalue weighted by Gasteiger charge is -1.99. The molecule has 2 aromatic heterocycles. The van der Waals surface area contributed by atoms with E-state index in [9.17, 15) is 4.39 Å². The van der Waals surface area contributed by atoms with Crippen molar-refractivity contribution < 1.29 is 13.2 Å². The first-order chi connectivity index (χ1) is 8.49. The minimum atomic E-state index is -0.299. The third kappa shape index (κ3) is 1.40. The van der Waals surface area contributed by atoms with Gasteiger partial charge < -0.3 is 8.83 Å². The van der Waals surface area contributed by atoms with Gasteiger partial charge in [-0.1, -0.05) is 13.8 Å². The zero-order valence-corrected chi connectivity index (χ0v) is 10.9. The molecule has 0 unspecified atom stereocenters. The van der Waals surface area contributed by atoms with Crippen LogP contribution in [0.2, 0.25) is 0 Å². The Morgan fingerprint density at radius 2 is 1.61 bits per heavy atom. The molecule has 0 aliphatic rings. The first-order valence-electron chi connectivity index (χ1n) is 6.10. The zero-order chi connectivity index (χ0) is 13.0. The van der Waals surface area contributed by atoms with Crippen LogP contribution in [-0.2, 0) is 0 Å². The van der Waals surface area contributed by atoms with Crippen LogP contribution in [0.15, 0.2) is 21.0 Å². The van der Waals surface area contributed by atoms with E-state index in [0.29, 0.717) is 22.6 Å². The summed E-state index contributed by atoms with van der Waals surface area (Å²) in [7, 11) is 0. The molecule has 0 bridgehead atoms. The molecule has 0 N–H and O–H groups in total. The van der Waals surface area contributed by atoms with Gasteiger partial charge in [0.05, 0.1) is 5.39 Å². The molecule has 0 saturated carbocycles. The van der Waals surface area contributed by atoms with Crippen LogP contribution < -0.4 is 0 Å². The van der Waals surface area contributed by atoms with Gasteiger partial charge in [0.2, 0.25) is 0 Å². The Labute approximate surface area is 104 Å². The maximum absolute atomic E-state index is 13.8. The summed E-state index contributed by atoms with van der Waals surface area (Å²) in [6.07, 6.45) is 0. The number of furan rings is 2. The van der Waals surface area contributed by atoms with Crippen LogP contribution in [0.5, 0.6) is 0 Å². The molecule has 3 rings (SSSR count). The molecule has 3 heteroatoms. The third-order valence-electron chi connectivity index (χ3n) is 3.41. The first kappa shape index (κ1) is 11.3. The Morgan fingerprint density at radius 3 is 2.28 bits per heavy atom. The molecular formula is C15H15FO2. The predicted molar refractivity (Wildman–Crippen MR) is 69.5 cm³/mol. The highest BCUT2D eigenvalue weighted by Gasteiger charge is 2.17. The Hall–Kier alpha value is -1.77. The van der Waals surface area contributed by atoms with E-state index in [2.05, 4.69) is 13.8 Å². The quantitative estimate of drug-likeness (QED) is 0.600.